The van der Waals surface area contributed by atoms with Gasteiger partial charge in [-0.3, -0.25) is 14.5 Å². The topological polar surface area (TPSA) is 78.5 Å². The maximum atomic E-state index is 12.6. The van der Waals surface area contributed by atoms with Gasteiger partial charge >= 0.3 is 6.03 Å². The Balaban J connectivity index is 1.31. The second-order valence-corrected chi connectivity index (χ2v) is 8.23. The van der Waals surface area contributed by atoms with E-state index in [2.05, 4.69) is 10.6 Å². The van der Waals surface area contributed by atoms with Crippen LogP contribution in [0.3, 0.4) is 0 Å². The van der Waals surface area contributed by atoms with E-state index in [-0.39, 0.29) is 17.8 Å². The molecule has 1 saturated carbocycles. The number of rotatable bonds is 6. The molecule has 2 heterocycles. The van der Waals surface area contributed by atoms with E-state index in [4.69, 9.17) is 0 Å². The SMILES string of the molecule is O=C(NCCCN1C(=O)NC2(CCCC2)C1=O)c1sccc1-c1ccccc1. The Morgan fingerprint density at radius 2 is 1.89 bits per heavy atom. The Bertz CT molecular complexity index is 887. The molecule has 146 valence electrons. The van der Waals surface area contributed by atoms with Crippen LogP contribution in [0.25, 0.3) is 11.1 Å². The first-order chi connectivity index (χ1) is 13.6. The molecule has 7 heteroatoms. The van der Waals surface area contributed by atoms with Gasteiger partial charge in [0.25, 0.3) is 11.8 Å². The van der Waals surface area contributed by atoms with Crippen molar-refractivity contribution in [1.82, 2.24) is 15.5 Å². The number of nitrogens with one attached hydrogen (secondary N) is 2. The number of imide groups is 1. The van der Waals surface area contributed by atoms with Crippen LogP contribution in [-0.4, -0.2) is 41.4 Å². The molecule has 6 nitrogen and oxygen atoms in total. The quantitative estimate of drug-likeness (QED) is 0.579. The van der Waals surface area contributed by atoms with Gasteiger partial charge in [-0.1, -0.05) is 43.2 Å². The van der Waals surface area contributed by atoms with E-state index in [9.17, 15) is 14.4 Å². The number of thiophene rings is 1. The van der Waals surface area contributed by atoms with Gasteiger partial charge in [-0.15, -0.1) is 11.3 Å². The number of urea groups is 1. The van der Waals surface area contributed by atoms with Gasteiger partial charge in [-0.2, -0.15) is 0 Å². The minimum absolute atomic E-state index is 0.106. The average Bonchev–Trinajstić information content (AvgIpc) is 3.42. The van der Waals surface area contributed by atoms with Gasteiger partial charge in [-0.05, 0) is 36.3 Å². The normalized spacial score (nSPS) is 17.9. The molecule has 2 fully saturated rings. The molecule has 1 aromatic heterocycles. The van der Waals surface area contributed by atoms with Crippen LogP contribution in [0, 0.1) is 0 Å². The first-order valence-corrected chi connectivity index (χ1v) is 10.5. The van der Waals surface area contributed by atoms with Crippen LogP contribution in [0.2, 0.25) is 0 Å². The average molecular weight is 398 g/mol. The van der Waals surface area contributed by atoms with E-state index in [0.29, 0.717) is 24.4 Å². The molecular weight excluding hydrogens is 374 g/mol. The van der Waals surface area contributed by atoms with Crippen molar-refractivity contribution in [2.24, 2.45) is 0 Å². The molecule has 2 aromatic rings. The Kier molecular flexibility index (Phi) is 5.17. The summed E-state index contributed by atoms with van der Waals surface area (Å²) in [7, 11) is 0. The summed E-state index contributed by atoms with van der Waals surface area (Å²) < 4.78 is 0. The van der Waals surface area contributed by atoms with E-state index in [1.807, 2.05) is 41.8 Å². The van der Waals surface area contributed by atoms with Crippen LogP contribution in [0.4, 0.5) is 4.79 Å². The zero-order chi connectivity index (χ0) is 19.6. The summed E-state index contributed by atoms with van der Waals surface area (Å²) >= 11 is 1.41. The number of carbonyl (C=O) groups excluding carboxylic acids is 3. The molecular formula is C21H23N3O3S. The Labute approximate surface area is 167 Å². The summed E-state index contributed by atoms with van der Waals surface area (Å²) in [5.41, 5.74) is 1.26. The van der Waals surface area contributed by atoms with Crippen LogP contribution < -0.4 is 10.6 Å². The van der Waals surface area contributed by atoms with Crippen molar-refractivity contribution in [2.45, 2.75) is 37.6 Å². The molecule has 1 aliphatic carbocycles. The highest BCUT2D eigenvalue weighted by Gasteiger charge is 2.51. The molecule has 1 spiro atoms. The smallest absolute Gasteiger partial charge is 0.325 e. The lowest BCUT2D eigenvalue weighted by Crippen LogP contribution is -2.44. The molecule has 4 rings (SSSR count). The van der Waals surface area contributed by atoms with E-state index >= 15 is 0 Å². The molecule has 1 aliphatic heterocycles. The molecule has 0 unspecified atom stereocenters. The van der Waals surface area contributed by atoms with Crippen LogP contribution in [0.5, 0.6) is 0 Å². The van der Waals surface area contributed by atoms with Crippen LogP contribution in [0.15, 0.2) is 41.8 Å². The number of hydrogen-bond donors (Lipinski definition) is 2. The minimum atomic E-state index is -0.665. The lowest BCUT2D eigenvalue weighted by Gasteiger charge is -2.20. The van der Waals surface area contributed by atoms with Gasteiger partial charge in [0.2, 0.25) is 0 Å². The monoisotopic (exact) mass is 397 g/mol. The van der Waals surface area contributed by atoms with Crippen LogP contribution in [-0.2, 0) is 4.79 Å². The fraction of sp³-hybridized carbons (Fsp3) is 0.381. The van der Waals surface area contributed by atoms with Gasteiger partial charge < -0.3 is 10.6 Å². The summed E-state index contributed by atoms with van der Waals surface area (Å²) in [5, 5.41) is 7.70. The molecule has 2 aliphatic rings. The third-order valence-electron chi connectivity index (χ3n) is 5.50. The number of carbonyl (C=O) groups is 3. The molecule has 0 radical (unpaired) electrons. The van der Waals surface area contributed by atoms with Crippen molar-refractivity contribution in [3.05, 3.63) is 46.7 Å². The summed E-state index contributed by atoms with van der Waals surface area (Å²) in [6, 6.07) is 11.4. The van der Waals surface area contributed by atoms with Crippen molar-refractivity contribution in [3.63, 3.8) is 0 Å². The fourth-order valence-electron chi connectivity index (χ4n) is 4.05. The van der Waals surface area contributed by atoms with Crippen molar-refractivity contribution in [2.75, 3.05) is 13.1 Å². The Hall–Kier alpha value is -2.67. The highest BCUT2D eigenvalue weighted by molar-refractivity contribution is 7.12. The van der Waals surface area contributed by atoms with Crippen molar-refractivity contribution < 1.29 is 14.4 Å². The van der Waals surface area contributed by atoms with E-state index < -0.39 is 5.54 Å². The summed E-state index contributed by atoms with van der Waals surface area (Å²) in [4.78, 5) is 39.3. The lowest BCUT2D eigenvalue weighted by molar-refractivity contribution is -0.131. The number of benzene rings is 1. The lowest BCUT2D eigenvalue weighted by atomic mass is 9.98. The van der Waals surface area contributed by atoms with Gasteiger partial charge in [0.15, 0.2) is 0 Å². The standard InChI is InChI=1S/C21H23N3O3S/c25-18(17-16(9-14-28-17)15-7-2-1-3-8-15)22-12-6-13-24-19(26)21(23-20(24)27)10-4-5-11-21/h1-3,7-9,14H,4-6,10-13H2,(H,22,25)(H,23,27). The molecule has 4 amide bonds. The largest absolute Gasteiger partial charge is 0.351 e. The van der Waals surface area contributed by atoms with Gasteiger partial charge in [0.1, 0.15) is 5.54 Å². The fourth-order valence-corrected chi connectivity index (χ4v) is 4.88. The van der Waals surface area contributed by atoms with Crippen molar-refractivity contribution in [1.29, 1.82) is 0 Å². The summed E-state index contributed by atoms with van der Waals surface area (Å²) in [6.45, 7) is 0.734. The minimum Gasteiger partial charge on any atom is -0.351 e. The van der Waals surface area contributed by atoms with Gasteiger partial charge in [-0.25, -0.2) is 4.79 Å². The first kappa shape index (κ1) is 18.7. The number of nitrogens with zero attached hydrogens (tertiary/aromatic N) is 1. The molecule has 0 bridgehead atoms. The maximum absolute atomic E-state index is 12.6. The van der Waals surface area contributed by atoms with E-state index in [1.165, 1.54) is 16.2 Å². The van der Waals surface area contributed by atoms with Gasteiger partial charge in [0.05, 0.1) is 4.88 Å². The third-order valence-corrected chi connectivity index (χ3v) is 6.42. The zero-order valence-corrected chi connectivity index (χ0v) is 16.4. The molecule has 1 aromatic carbocycles. The second kappa shape index (κ2) is 7.75. The maximum Gasteiger partial charge on any atom is 0.325 e. The highest BCUT2D eigenvalue weighted by atomic mass is 32.1. The molecule has 0 atom stereocenters. The number of amides is 4. The number of hydrogen-bond acceptors (Lipinski definition) is 4. The molecule has 2 N–H and O–H groups in total. The Morgan fingerprint density at radius 1 is 1.14 bits per heavy atom. The van der Waals surface area contributed by atoms with Crippen LogP contribution >= 0.6 is 11.3 Å². The predicted molar refractivity (Wildman–Crippen MR) is 108 cm³/mol. The highest BCUT2D eigenvalue weighted by Crippen LogP contribution is 2.35. The van der Waals surface area contributed by atoms with Crippen molar-refractivity contribution >= 4 is 29.2 Å². The van der Waals surface area contributed by atoms with Crippen molar-refractivity contribution in [3.8, 4) is 11.1 Å². The zero-order valence-electron chi connectivity index (χ0n) is 15.6. The molecule has 1 saturated heterocycles. The van der Waals surface area contributed by atoms with Crippen LogP contribution in [0.1, 0.15) is 41.8 Å². The summed E-state index contributed by atoms with van der Waals surface area (Å²) in [6.07, 6.45) is 3.94. The van der Waals surface area contributed by atoms with E-state index in [0.717, 1.165) is 36.8 Å². The van der Waals surface area contributed by atoms with Gasteiger partial charge in [0, 0.05) is 18.7 Å². The molecule has 28 heavy (non-hydrogen) atoms. The second-order valence-electron chi connectivity index (χ2n) is 7.32. The predicted octanol–water partition coefficient (Wildman–Crippen LogP) is 3.40. The summed E-state index contributed by atoms with van der Waals surface area (Å²) in [5.74, 6) is -0.232. The van der Waals surface area contributed by atoms with E-state index in [1.54, 1.807) is 0 Å². The third kappa shape index (κ3) is 3.42. The first-order valence-electron chi connectivity index (χ1n) is 9.66. The Morgan fingerprint density at radius 3 is 2.64 bits per heavy atom.